The van der Waals surface area contributed by atoms with Gasteiger partial charge < -0.3 is 10.2 Å². The number of rotatable bonds is 8. The van der Waals surface area contributed by atoms with Crippen LogP contribution in [0.15, 0.2) is 35.7 Å². The van der Waals surface area contributed by atoms with Gasteiger partial charge in [0, 0.05) is 23.7 Å². The Balaban J connectivity index is 1.79. The van der Waals surface area contributed by atoms with Crippen LogP contribution >= 0.6 is 35.6 Å². The van der Waals surface area contributed by atoms with Crippen LogP contribution in [0.4, 0.5) is 0 Å². The Morgan fingerprint density at radius 1 is 1.33 bits per heavy atom. The van der Waals surface area contributed by atoms with Crippen LogP contribution in [0.3, 0.4) is 0 Å². The zero-order chi connectivity index (χ0) is 17.4. The summed E-state index contributed by atoms with van der Waals surface area (Å²) in [5.74, 6) is 0.781. The molecule has 0 fully saturated rings. The number of aromatic nitrogens is 3. The number of halogens is 1. The summed E-state index contributed by atoms with van der Waals surface area (Å²) in [6.45, 7) is 1.94. The fourth-order valence-corrected chi connectivity index (χ4v) is 3.07. The van der Waals surface area contributed by atoms with Crippen molar-refractivity contribution in [3.63, 3.8) is 0 Å². The van der Waals surface area contributed by atoms with Crippen LogP contribution in [0, 0.1) is 0 Å². The van der Waals surface area contributed by atoms with Gasteiger partial charge in [0.05, 0.1) is 20.6 Å². The lowest BCUT2D eigenvalue weighted by Crippen LogP contribution is -3.05. The topological polar surface area (TPSA) is 59.2 Å². The second-order valence-electron chi connectivity index (χ2n) is 5.58. The monoisotopic (exact) mass is 385 g/mol. The lowest BCUT2D eigenvalue weighted by Gasteiger charge is -2.13. The molecule has 0 atom stereocenters. The Labute approximate surface area is 156 Å². The molecule has 0 amide bonds. The van der Waals surface area contributed by atoms with Gasteiger partial charge in [0.2, 0.25) is 5.16 Å². The molecule has 0 radical (unpaired) electrons. The molecule has 9 heteroatoms. The van der Waals surface area contributed by atoms with Crippen LogP contribution in [-0.2, 0) is 5.75 Å². The SMILES string of the molecule is C[NH+](C)CCCNC(=S)Nn1cnnc1SCc1ccc(Cl)cc1. The van der Waals surface area contributed by atoms with Crippen molar-refractivity contribution < 1.29 is 4.90 Å². The van der Waals surface area contributed by atoms with Crippen molar-refractivity contribution in [1.29, 1.82) is 0 Å². The van der Waals surface area contributed by atoms with Gasteiger partial charge in [-0.25, -0.2) is 4.68 Å². The molecule has 2 rings (SSSR count). The predicted molar refractivity (Wildman–Crippen MR) is 103 cm³/mol. The number of thioether (sulfide) groups is 1. The number of nitrogens with zero attached hydrogens (tertiary/aromatic N) is 3. The molecule has 1 aromatic carbocycles. The molecule has 0 spiro atoms. The predicted octanol–water partition coefficient (Wildman–Crippen LogP) is 1.18. The lowest BCUT2D eigenvalue weighted by atomic mass is 10.2. The summed E-state index contributed by atoms with van der Waals surface area (Å²) in [5, 5.41) is 13.3. The van der Waals surface area contributed by atoms with Crippen molar-refractivity contribution >= 4 is 40.7 Å². The van der Waals surface area contributed by atoms with E-state index in [2.05, 4.69) is 35.0 Å². The van der Waals surface area contributed by atoms with Crippen molar-refractivity contribution in [1.82, 2.24) is 20.2 Å². The molecule has 0 unspecified atom stereocenters. The second-order valence-corrected chi connectivity index (χ2v) is 7.36. The number of hydrogen-bond acceptors (Lipinski definition) is 4. The first-order chi connectivity index (χ1) is 11.5. The van der Waals surface area contributed by atoms with Crippen molar-refractivity contribution in [3.8, 4) is 0 Å². The van der Waals surface area contributed by atoms with Gasteiger partial charge in [-0.3, -0.25) is 5.43 Å². The summed E-state index contributed by atoms with van der Waals surface area (Å²) in [6, 6.07) is 7.77. The van der Waals surface area contributed by atoms with Crippen molar-refractivity contribution in [2.75, 3.05) is 32.6 Å². The van der Waals surface area contributed by atoms with E-state index >= 15 is 0 Å². The number of quaternary nitrogens is 1. The minimum absolute atomic E-state index is 0.567. The van der Waals surface area contributed by atoms with Gasteiger partial charge >= 0.3 is 0 Å². The van der Waals surface area contributed by atoms with Crippen molar-refractivity contribution in [2.24, 2.45) is 0 Å². The molecule has 0 saturated heterocycles. The van der Waals surface area contributed by atoms with Gasteiger partial charge in [-0.1, -0.05) is 35.5 Å². The van der Waals surface area contributed by atoms with E-state index in [-0.39, 0.29) is 0 Å². The summed E-state index contributed by atoms with van der Waals surface area (Å²) in [4.78, 5) is 1.43. The second kappa shape index (κ2) is 9.83. The molecule has 1 heterocycles. The maximum Gasteiger partial charge on any atom is 0.210 e. The molecular weight excluding hydrogens is 364 g/mol. The maximum atomic E-state index is 5.90. The van der Waals surface area contributed by atoms with Gasteiger partial charge in [-0.15, -0.1) is 10.2 Å². The number of nitrogens with one attached hydrogen (secondary N) is 3. The molecule has 24 heavy (non-hydrogen) atoms. The van der Waals surface area contributed by atoms with E-state index < -0.39 is 0 Å². The first-order valence-corrected chi connectivity index (χ1v) is 9.43. The first kappa shape index (κ1) is 19.0. The Hall–Kier alpha value is -1.35. The third-order valence-electron chi connectivity index (χ3n) is 3.16. The number of thiocarbonyl (C=S) groups is 1. The molecule has 130 valence electrons. The highest BCUT2D eigenvalue weighted by molar-refractivity contribution is 7.98. The molecule has 0 saturated carbocycles. The van der Waals surface area contributed by atoms with Gasteiger partial charge in [0.1, 0.15) is 6.33 Å². The van der Waals surface area contributed by atoms with E-state index in [1.807, 2.05) is 24.3 Å². The fourth-order valence-electron chi connectivity index (χ4n) is 1.92. The largest absolute Gasteiger partial charge is 0.361 e. The minimum atomic E-state index is 0.567. The molecule has 6 nitrogen and oxygen atoms in total. The van der Waals surface area contributed by atoms with E-state index in [1.54, 1.807) is 22.8 Å². The lowest BCUT2D eigenvalue weighted by molar-refractivity contribution is -0.858. The number of benzene rings is 1. The van der Waals surface area contributed by atoms with Crippen LogP contribution in [0.1, 0.15) is 12.0 Å². The van der Waals surface area contributed by atoms with Crippen LogP contribution < -0.4 is 15.6 Å². The smallest absolute Gasteiger partial charge is 0.210 e. The van der Waals surface area contributed by atoms with Gasteiger partial charge in [0.15, 0.2) is 5.11 Å². The van der Waals surface area contributed by atoms with Crippen LogP contribution in [0.5, 0.6) is 0 Å². The third kappa shape index (κ3) is 6.64. The van der Waals surface area contributed by atoms with Gasteiger partial charge in [-0.05, 0) is 29.9 Å². The average molecular weight is 386 g/mol. The minimum Gasteiger partial charge on any atom is -0.361 e. The normalized spacial score (nSPS) is 10.8. The molecule has 0 bridgehead atoms. The Bertz CT molecular complexity index is 644. The highest BCUT2D eigenvalue weighted by Crippen LogP contribution is 2.21. The number of hydrogen-bond donors (Lipinski definition) is 3. The van der Waals surface area contributed by atoms with E-state index in [0.717, 1.165) is 35.4 Å². The summed E-state index contributed by atoms with van der Waals surface area (Å²) >= 11 is 12.8. The fraction of sp³-hybridized carbons (Fsp3) is 0.400. The standard InChI is InChI=1S/C15H21ClN6S2/c1-21(2)9-3-8-17-14(23)20-22-11-18-19-15(22)24-10-12-4-6-13(16)7-5-12/h4-7,11H,3,8-10H2,1-2H3,(H2,17,20,23)/p+1. The zero-order valence-electron chi connectivity index (χ0n) is 13.8. The van der Waals surface area contributed by atoms with Crippen molar-refractivity contribution in [3.05, 3.63) is 41.2 Å². The molecule has 2 aromatic rings. The Kier molecular flexibility index (Phi) is 7.77. The highest BCUT2D eigenvalue weighted by Gasteiger charge is 2.07. The average Bonchev–Trinajstić information content (AvgIpc) is 2.98. The van der Waals surface area contributed by atoms with Crippen molar-refractivity contribution in [2.45, 2.75) is 17.3 Å². The summed E-state index contributed by atoms with van der Waals surface area (Å²) in [5.41, 5.74) is 4.26. The molecule has 0 aliphatic carbocycles. The summed E-state index contributed by atoms with van der Waals surface area (Å²) in [7, 11) is 4.27. The van der Waals surface area contributed by atoms with Gasteiger partial charge in [-0.2, -0.15) is 0 Å². The maximum absolute atomic E-state index is 5.90. The van der Waals surface area contributed by atoms with Crippen LogP contribution in [0.2, 0.25) is 5.02 Å². The van der Waals surface area contributed by atoms with Gasteiger partial charge in [0.25, 0.3) is 0 Å². The Morgan fingerprint density at radius 3 is 2.79 bits per heavy atom. The van der Waals surface area contributed by atoms with E-state index in [0.29, 0.717) is 5.11 Å². The van der Waals surface area contributed by atoms with E-state index in [1.165, 1.54) is 10.5 Å². The van der Waals surface area contributed by atoms with E-state index in [4.69, 9.17) is 23.8 Å². The van der Waals surface area contributed by atoms with E-state index in [9.17, 15) is 0 Å². The molecular formula is C15H22ClN6S2+. The first-order valence-electron chi connectivity index (χ1n) is 7.66. The molecule has 1 aromatic heterocycles. The Morgan fingerprint density at radius 2 is 2.08 bits per heavy atom. The quantitative estimate of drug-likeness (QED) is 0.360. The molecule has 3 N–H and O–H groups in total. The highest BCUT2D eigenvalue weighted by atomic mass is 35.5. The summed E-state index contributed by atoms with van der Waals surface area (Å²) in [6.07, 6.45) is 2.67. The molecule has 0 aliphatic heterocycles. The third-order valence-corrected chi connectivity index (χ3v) is 4.66. The van der Waals surface area contributed by atoms with Crippen LogP contribution in [-0.4, -0.2) is 47.2 Å². The molecule has 0 aliphatic rings. The zero-order valence-corrected chi connectivity index (χ0v) is 16.1. The summed E-state index contributed by atoms with van der Waals surface area (Å²) < 4.78 is 1.73. The van der Waals surface area contributed by atoms with Crippen LogP contribution in [0.25, 0.3) is 0 Å².